The molecule has 5 nitrogen and oxygen atoms in total. The van der Waals surface area contributed by atoms with Crippen LogP contribution in [0.15, 0.2) is 61.2 Å². The van der Waals surface area contributed by atoms with Crippen LogP contribution in [0.5, 0.6) is 5.75 Å². The van der Waals surface area contributed by atoms with E-state index in [2.05, 4.69) is 11.9 Å². The maximum absolute atomic E-state index is 13.4. The Labute approximate surface area is 166 Å². The topological polar surface area (TPSA) is 58.6 Å². The van der Waals surface area contributed by atoms with Crippen molar-refractivity contribution in [3.05, 3.63) is 72.3 Å². The van der Waals surface area contributed by atoms with Crippen molar-refractivity contribution in [2.75, 3.05) is 25.5 Å². The molecule has 5 heteroatoms. The fourth-order valence-corrected chi connectivity index (χ4v) is 3.85. The zero-order chi connectivity index (χ0) is 20.1. The van der Waals surface area contributed by atoms with Gasteiger partial charge in [-0.15, -0.1) is 0 Å². The predicted molar refractivity (Wildman–Crippen MR) is 110 cm³/mol. The molecule has 2 amide bonds. The lowest BCUT2D eigenvalue weighted by atomic mass is 9.72. The molecule has 0 spiro atoms. The molecule has 0 aliphatic carbocycles. The Morgan fingerprint density at radius 2 is 1.82 bits per heavy atom. The van der Waals surface area contributed by atoms with Crippen molar-refractivity contribution in [3.8, 4) is 5.75 Å². The standard InChI is InChI=1S/C23H26N2O3/c1-4-21(26)25-14-12-23(13-15-25,18-8-6-5-7-9-18)22(27)24-19-10-11-20(28-3)17(2)16-19/h4-11,16H,1,12-15H2,2-3H3,(H,24,27). The van der Waals surface area contributed by atoms with Gasteiger partial charge in [-0.25, -0.2) is 0 Å². The first-order valence-electron chi connectivity index (χ1n) is 9.43. The largest absolute Gasteiger partial charge is 0.496 e. The maximum Gasteiger partial charge on any atom is 0.245 e. The highest BCUT2D eigenvalue weighted by molar-refractivity contribution is 5.99. The van der Waals surface area contributed by atoms with Crippen LogP contribution >= 0.6 is 0 Å². The highest BCUT2D eigenvalue weighted by atomic mass is 16.5. The van der Waals surface area contributed by atoms with Crippen molar-refractivity contribution >= 4 is 17.5 Å². The molecule has 28 heavy (non-hydrogen) atoms. The van der Waals surface area contributed by atoms with Gasteiger partial charge < -0.3 is 15.0 Å². The smallest absolute Gasteiger partial charge is 0.245 e. The number of ether oxygens (including phenoxy) is 1. The molecular formula is C23H26N2O3. The lowest BCUT2D eigenvalue weighted by molar-refractivity contribution is -0.131. The van der Waals surface area contributed by atoms with Gasteiger partial charge >= 0.3 is 0 Å². The molecule has 0 atom stereocenters. The minimum absolute atomic E-state index is 0.0473. The summed E-state index contributed by atoms with van der Waals surface area (Å²) in [4.78, 5) is 27.2. The number of nitrogens with one attached hydrogen (secondary N) is 1. The van der Waals surface area contributed by atoms with Gasteiger partial charge in [0.15, 0.2) is 0 Å². The Bertz CT molecular complexity index is 869. The van der Waals surface area contributed by atoms with Crippen LogP contribution in [-0.2, 0) is 15.0 Å². The van der Waals surface area contributed by atoms with Gasteiger partial charge in [-0.2, -0.15) is 0 Å². The molecule has 1 saturated heterocycles. The first kappa shape index (κ1) is 19.7. The van der Waals surface area contributed by atoms with Crippen molar-refractivity contribution < 1.29 is 14.3 Å². The van der Waals surface area contributed by atoms with Gasteiger partial charge in [-0.3, -0.25) is 9.59 Å². The number of amides is 2. The number of carbonyl (C=O) groups excluding carboxylic acids is 2. The molecule has 1 fully saturated rings. The van der Waals surface area contributed by atoms with Gasteiger partial charge in [0.25, 0.3) is 0 Å². The fraction of sp³-hybridized carbons (Fsp3) is 0.304. The Morgan fingerprint density at radius 1 is 1.14 bits per heavy atom. The summed E-state index contributed by atoms with van der Waals surface area (Å²) < 4.78 is 5.30. The number of likely N-dealkylation sites (tertiary alicyclic amines) is 1. The summed E-state index contributed by atoms with van der Waals surface area (Å²) >= 11 is 0. The van der Waals surface area contributed by atoms with Crippen LogP contribution in [0, 0.1) is 6.92 Å². The Hall–Kier alpha value is -3.08. The molecule has 0 aromatic heterocycles. The second-order valence-corrected chi connectivity index (χ2v) is 7.12. The SMILES string of the molecule is C=CC(=O)N1CCC(C(=O)Nc2ccc(OC)c(C)c2)(c2ccccc2)CC1. The van der Waals surface area contributed by atoms with E-state index >= 15 is 0 Å². The van der Waals surface area contributed by atoms with Crippen molar-refractivity contribution in [1.29, 1.82) is 0 Å². The highest BCUT2D eigenvalue weighted by Gasteiger charge is 2.43. The summed E-state index contributed by atoms with van der Waals surface area (Å²) in [5.41, 5.74) is 2.00. The zero-order valence-corrected chi connectivity index (χ0v) is 16.4. The maximum atomic E-state index is 13.4. The number of benzene rings is 2. The third kappa shape index (κ3) is 3.79. The van der Waals surface area contributed by atoms with Gasteiger partial charge in [0.2, 0.25) is 11.8 Å². The zero-order valence-electron chi connectivity index (χ0n) is 16.4. The molecule has 1 N–H and O–H groups in total. The number of hydrogen-bond donors (Lipinski definition) is 1. The molecule has 0 radical (unpaired) electrons. The van der Waals surface area contributed by atoms with E-state index in [9.17, 15) is 9.59 Å². The third-order valence-electron chi connectivity index (χ3n) is 5.52. The average molecular weight is 378 g/mol. The Balaban J connectivity index is 1.88. The Morgan fingerprint density at radius 3 is 2.39 bits per heavy atom. The molecule has 0 unspecified atom stereocenters. The molecule has 3 rings (SSSR count). The van der Waals surface area contributed by atoms with E-state index in [0.717, 1.165) is 22.6 Å². The highest BCUT2D eigenvalue weighted by Crippen LogP contribution is 2.37. The van der Waals surface area contributed by atoms with Crippen LogP contribution < -0.4 is 10.1 Å². The number of anilines is 1. The van der Waals surface area contributed by atoms with Gasteiger partial charge in [-0.1, -0.05) is 36.9 Å². The summed E-state index contributed by atoms with van der Waals surface area (Å²) in [6, 6.07) is 15.4. The summed E-state index contributed by atoms with van der Waals surface area (Å²) in [5, 5.41) is 3.08. The number of hydrogen-bond acceptors (Lipinski definition) is 3. The second kappa shape index (κ2) is 8.30. The predicted octanol–water partition coefficient (Wildman–Crippen LogP) is 3.69. The minimum atomic E-state index is -0.674. The molecule has 2 aromatic rings. The lowest BCUT2D eigenvalue weighted by Gasteiger charge is -2.40. The van der Waals surface area contributed by atoms with Crippen molar-refractivity contribution in [2.24, 2.45) is 0 Å². The van der Waals surface area contributed by atoms with Gasteiger partial charge in [0.05, 0.1) is 12.5 Å². The summed E-state index contributed by atoms with van der Waals surface area (Å²) in [6.45, 7) is 6.55. The molecule has 2 aromatic carbocycles. The van der Waals surface area contributed by atoms with Gasteiger partial charge in [0.1, 0.15) is 5.75 Å². The van der Waals surface area contributed by atoms with Gasteiger partial charge in [-0.05, 0) is 55.2 Å². The van der Waals surface area contributed by atoms with Crippen LogP contribution in [0.4, 0.5) is 5.69 Å². The van der Waals surface area contributed by atoms with E-state index < -0.39 is 5.41 Å². The monoisotopic (exact) mass is 378 g/mol. The number of piperidine rings is 1. The van der Waals surface area contributed by atoms with Crippen LogP contribution in [0.1, 0.15) is 24.0 Å². The molecule has 1 aliphatic rings. The normalized spacial score (nSPS) is 15.6. The lowest BCUT2D eigenvalue weighted by Crippen LogP contribution is -2.50. The summed E-state index contributed by atoms with van der Waals surface area (Å²) in [5.74, 6) is 0.647. The van der Waals surface area contributed by atoms with Crippen LogP contribution in [0.3, 0.4) is 0 Å². The summed E-state index contributed by atoms with van der Waals surface area (Å²) in [7, 11) is 1.63. The van der Waals surface area contributed by atoms with Crippen molar-refractivity contribution in [3.63, 3.8) is 0 Å². The molecular weight excluding hydrogens is 352 g/mol. The number of nitrogens with zero attached hydrogens (tertiary/aromatic N) is 1. The van der Waals surface area contributed by atoms with E-state index in [1.807, 2.05) is 55.5 Å². The fourth-order valence-electron chi connectivity index (χ4n) is 3.85. The van der Waals surface area contributed by atoms with Crippen LogP contribution in [-0.4, -0.2) is 36.9 Å². The number of carbonyl (C=O) groups is 2. The third-order valence-corrected chi connectivity index (χ3v) is 5.52. The number of rotatable bonds is 5. The van der Waals surface area contributed by atoms with Gasteiger partial charge in [0, 0.05) is 18.8 Å². The van der Waals surface area contributed by atoms with Crippen molar-refractivity contribution in [2.45, 2.75) is 25.2 Å². The molecule has 0 bridgehead atoms. The second-order valence-electron chi connectivity index (χ2n) is 7.12. The Kier molecular flexibility index (Phi) is 5.83. The molecule has 1 aliphatic heterocycles. The van der Waals surface area contributed by atoms with E-state index in [1.54, 1.807) is 12.0 Å². The molecule has 1 heterocycles. The summed E-state index contributed by atoms with van der Waals surface area (Å²) in [6.07, 6.45) is 2.46. The number of aryl methyl sites for hydroxylation is 1. The molecule has 0 saturated carbocycles. The quantitative estimate of drug-likeness (QED) is 0.808. The minimum Gasteiger partial charge on any atom is -0.496 e. The van der Waals surface area contributed by atoms with Crippen molar-refractivity contribution in [1.82, 2.24) is 4.90 Å². The first-order valence-corrected chi connectivity index (χ1v) is 9.43. The van der Waals surface area contributed by atoms with E-state index in [4.69, 9.17) is 4.74 Å². The molecule has 146 valence electrons. The van der Waals surface area contributed by atoms with E-state index in [1.165, 1.54) is 6.08 Å². The number of methoxy groups -OCH3 is 1. The van der Waals surface area contributed by atoms with E-state index in [-0.39, 0.29) is 11.8 Å². The first-order chi connectivity index (χ1) is 13.5. The van der Waals surface area contributed by atoms with E-state index in [0.29, 0.717) is 25.9 Å². The van der Waals surface area contributed by atoms with Crippen LogP contribution in [0.25, 0.3) is 0 Å². The average Bonchev–Trinajstić information content (AvgIpc) is 2.74. The van der Waals surface area contributed by atoms with Crippen LogP contribution in [0.2, 0.25) is 0 Å².